The Kier molecular flexibility index (Phi) is 6.73. The van der Waals surface area contributed by atoms with Crippen LogP contribution in [0.1, 0.15) is 25.5 Å². The number of carbonyl (C=O) groups is 1. The van der Waals surface area contributed by atoms with Gasteiger partial charge in [-0.05, 0) is 12.5 Å². The summed E-state index contributed by atoms with van der Waals surface area (Å²) >= 11 is 5.80. The van der Waals surface area contributed by atoms with Gasteiger partial charge in [-0.2, -0.15) is 13.2 Å². The molecular formula is C17H15ClF4N2O5. The van der Waals surface area contributed by atoms with Gasteiger partial charge >= 0.3 is 18.0 Å². The van der Waals surface area contributed by atoms with Crippen LogP contribution in [0.5, 0.6) is 5.75 Å². The molecule has 0 saturated carbocycles. The molecule has 0 aliphatic heterocycles. The van der Waals surface area contributed by atoms with E-state index in [-0.39, 0.29) is 26.8 Å². The number of unbranched alkanes of at least 4 members (excludes halogenated alkanes) is 1. The van der Waals surface area contributed by atoms with Gasteiger partial charge in [-0.25, -0.2) is 18.5 Å². The molecule has 1 aromatic carbocycles. The van der Waals surface area contributed by atoms with Gasteiger partial charge in [0.25, 0.3) is 5.56 Å². The van der Waals surface area contributed by atoms with Crippen LogP contribution in [0, 0.1) is 5.82 Å². The van der Waals surface area contributed by atoms with Crippen molar-refractivity contribution in [1.82, 2.24) is 9.13 Å². The quantitative estimate of drug-likeness (QED) is 0.308. The van der Waals surface area contributed by atoms with Crippen LogP contribution >= 0.6 is 11.6 Å². The van der Waals surface area contributed by atoms with E-state index in [2.05, 4.69) is 0 Å². The average Bonchev–Trinajstić information content (AvgIpc) is 2.61. The van der Waals surface area contributed by atoms with E-state index in [0.29, 0.717) is 12.5 Å². The van der Waals surface area contributed by atoms with Gasteiger partial charge in [-0.1, -0.05) is 24.9 Å². The van der Waals surface area contributed by atoms with Crippen molar-refractivity contribution < 1.29 is 31.8 Å². The molecule has 1 heterocycles. The lowest BCUT2D eigenvalue weighted by molar-refractivity contribution is -0.144. The number of ether oxygens (including phenoxy) is 2. The normalized spacial score (nSPS) is 11.4. The van der Waals surface area contributed by atoms with Crippen LogP contribution in [0.3, 0.4) is 0 Å². The molecule has 0 saturated heterocycles. The molecule has 2 aromatic rings. The highest BCUT2D eigenvalue weighted by Gasteiger charge is 2.35. The Balaban J connectivity index is 2.54. The number of nitrogens with zero attached hydrogens (tertiary/aromatic N) is 2. The summed E-state index contributed by atoms with van der Waals surface area (Å²) in [5, 5.41) is -0.379. The third-order valence-electron chi connectivity index (χ3n) is 3.76. The summed E-state index contributed by atoms with van der Waals surface area (Å²) in [6, 6.07) is 1.54. The second kappa shape index (κ2) is 8.68. The van der Waals surface area contributed by atoms with Crippen LogP contribution in [0.4, 0.5) is 22.4 Å². The SMILES string of the molecule is CCCCOC(=O)Oc1cc(-n2c(=O)cc(C(F)(F)F)n(C)c2=O)c(F)cc1Cl. The van der Waals surface area contributed by atoms with Gasteiger partial charge in [0, 0.05) is 19.2 Å². The standard InChI is InChI=1S/C17H15ClF4N2O5/c1-3-4-5-28-16(27)29-12-7-11(10(19)6-9(12)18)24-14(25)8-13(17(20,21)22)23(2)15(24)26/h6-8H,3-5H2,1-2H3. The van der Waals surface area contributed by atoms with E-state index in [0.717, 1.165) is 19.5 Å². The highest BCUT2D eigenvalue weighted by Crippen LogP contribution is 2.30. The van der Waals surface area contributed by atoms with Crippen LogP contribution in [-0.4, -0.2) is 21.9 Å². The fraction of sp³-hybridized carbons (Fsp3) is 0.353. The molecule has 158 valence electrons. The minimum atomic E-state index is -4.97. The Bertz CT molecular complexity index is 1050. The van der Waals surface area contributed by atoms with Crippen LogP contribution in [0.25, 0.3) is 5.69 Å². The molecule has 0 fully saturated rings. The molecule has 1 aromatic heterocycles. The number of rotatable bonds is 5. The smallest absolute Gasteiger partial charge is 0.434 e. The van der Waals surface area contributed by atoms with Crippen molar-refractivity contribution in [3.05, 3.63) is 55.6 Å². The van der Waals surface area contributed by atoms with Gasteiger partial charge in [0.2, 0.25) is 0 Å². The van der Waals surface area contributed by atoms with Crippen molar-refractivity contribution in [2.24, 2.45) is 7.05 Å². The van der Waals surface area contributed by atoms with Crippen LogP contribution < -0.4 is 16.0 Å². The molecule has 0 amide bonds. The lowest BCUT2D eigenvalue weighted by Gasteiger charge is -2.15. The van der Waals surface area contributed by atoms with Gasteiger partial charge in [-0.3, -0.25) is 9.36 Å². The third-order valence-corrected chi connectivity index (χ3v) is 4.06. The Hall–Kier alpha value is -2.82. The fourth-order valence-electron chi connectivity index (χ4n) is 2.31. The van der Waals surface area contributed by atoms with Crippen LogP contribution in [0.2, 0.25) is 5.02 Å². The summed E-state index contributed by atoms with van der Waals surface area (Å²) in [6.07, 6.45) is -4.82. The molecule has 12 heteroatoms. The largest absolute Gasteiger partial charge is 0.513 e. The number of benzene rings is 1. The molecular weight excluding hydrogens is 424 g/mol. The van der Waals surface area contributed by atoms with E-state index in [9.17, 15) is 31.9 Å². The predicted molar refractivity (Wildman–Crippen MR) is 94.1 cm³/mol. The van der Waals surface area contributed by atoms with Crippen molar-refractivity contribution in [2.45, 2.75) is 25.9 Å². The van der Waals surface area contributed by atoms with E-state index in [1.54, 1.807) is 0 Å². The zero-order chi connectivity index (χ0) is 21.9. The van der Waals surface area contributed by atoms with E-state index >= 15 is 0 Å². The van der Waals surface area contributed by atoms with Gasteiger partial charge in [0.1, 0.15) is 11.5 Å². The first-order valence-corrected chi connectivity index (χ1v) is 8.59. The van der Waals surface area contributed by atoms with E-state index in [4.69, 9.17) is 21.1 Å². The summed E-state index contributed by atoms with van der Waals surface area (Å²) in [5.41, 5.74) is -5.14. The van der Waals surface area contributed by atoms with Gasteiger partial charge in [0.15, 0.2) is 5.75 Å². The first-order valence-electron chi connectivity index (χ1n) is 8.21. The third kappa shape index (κ3) is 4.97. The van der Waals surface area contributed by atoms with E-state index < -0.39 is 46.5 Å². The maximum atomic E-state index is 14.3. The highest BCUT2D eigenvalue weighted by molar-refractivity contribution is 6.32. The van der Waals surface area contributed by atoms with Crippen molar-refractivity contribution >= 4 is 17.8 Å². The lowest BCUT2D eigenvalue weighted by Crippen LogP contribution is -2.41. The number of hydrogen-bond donors (Lipinski definition) is 0. The second-order valence-electron chi connectivity index (χ2n) is 5.83. The van der Waals surface area contributed by atoms with E-state index in [1.165, 1.54) is 0 Å². The molecule has 0 aliphatic carbocycles. The zero-order valence-corrected chi connectivity index (χ0v) is 15.9. The molecule has 2 rings (SSSR count). The molecule has 0 radical (unpaired) electrons. The summed E-state index contributed by atoms with van der Waals surface area (Å²) in [6.45, 7) is 1.92. The van der Waals surface area contributed by atoms with Gasteiger partial charge in [0.05, 0.1) is 17.3 Å². The molecule has 0 N–H and O–H groups in total. The molecule has 0 spiro atoms. The average molecular weight is 439 g/mol. The fourth-order valence-corrected chi connectivity index (χ4v) is 2.50. The molecule has 0 atom stereocenters. The van der Waals surface area contributed by atoms with Crippen LogP contribution in [-0.2, 0) is 18.0 Å². The first-order chi connectivity index (χ1) is 13.5. The maximum absolute atomic E-state index is 14.3. The van der Waals surface area contributed by atoms with Crippen molar-refractivity contribution in [3.8, 4) is 11.4 Å². The molecule has 29 heavy (non-hydrogen) atoms. The Labute approximate surface area is 166 Å². The summed E-state index contributed by atoms with van der Waals surface area (Å²) in [7, 11) is 0.775. The Morgan fingerprint density at radius 2 is 1.86 bits per heavy atom. The van der Waals surface area contributed by atoms with Gasteiger partial charge in [-0.15, -0.1) is 0 Å². The Morgan fingerprint density at radius 3 is 2.45 bits per heavy atom. The second-order valence-corrected chi connectivity index (χ2v) is 6.24. The summed E-state index contributed by atoms with van der Waals surface area (Å²) in [5.74, 6) is -1.64. The van der Waals surface area contributed by atoms with Gasteiger partial charge < -0.3 is 9.47 Å². The minimum Gasteiger partial charge on any atom is -0.434 e. The summed E-state index contributed by atoms with van der Waals surface area (Å²) < 4.78 is 63.1. The Morgan fingerprint density at radius 1 is 1.21 bits per heavy atom. The number of halogens is 5. The summed E-state index contributed by atoms with van der Waals surface area (Å²) in [4.78, 5) is 36.1. The van der Waals surface area contributed by atoms with Crippen molar-refractivity contribution in [3.63, 3.8) is 0 Å². The number of alkyl halides is 3. The number of carbonyl (C=O) groups excluding carboxylic acids is 1. The lowest BCUT2D eigenvalue weighted by atomic mass is 10.2. The topological polar surface area (TPSA) is 79.5 Å². The predicted octanol–water partition coefficient (Wildman–Crippen LogP) is 3.66. The van der Waals surface area contributed by atoms with E-state index in [1.807, 2.05) is 6.92 Å². The zero-order valence-electron chi connectivity index (χ0n) is 15.2. The van der Waals surface area contributed by atoms with Crippen LogP contribution in [0.15, 0.2) is 27.8 Å². The number of hydrogen-bond acceptors (Lipinski definition) is 5. The monoisotopic (exact) mass is 438 g/mol. The minimum absolute atomic E-state index is 0.0555. The first kappa shape index (κ1) is 22.5. The molecule has 0 bridgehead atoms. The van der Waals surface area contributed by atoms with Crippen molar-refractivity contribution in [1.29, 1.82) is 0 Å². The molecule has 0 unspecified atom stereocenters. The highest BCUT2D eigenvalue weighted by atomic mass is 35.5. The molecule has 0 aliphatic rings. The maximum Gasteiger partial charge on any atom is 0.513 e. The molecule has 7 nitrogen and oxygen atoms in total. The number of aromatic nitrogens is 2. The van der Waals surface area contributed by atoms with Crippen molar-refractivity contribution in [2.75, 3.05) is 6.61 Å².